The van der Waals surface area contributed by atoms with Gasteiger partial charge in [-0.2, -0.15) is 0 Å². The molecule has 26 heavy (non-hydrogen) atoms. The van der Waals surface area contributed by atoms with Crippen LogP contribution in [-0.2, 0) is 9.59 Å². The smallest absolute Gasteiger partial charge is 0.149 e. The summed E-state index contributed by atoms with van der Waals surface area (Å²) < 4.78 is 0. The van der Waals surface area contributed by atoms with Gasteiger partial charge in [0.05, 0.1) is 6.54 Å². The monoisotopic (exact) mass is 359 g/mol. The molecule has 0 radical (unpaired) electrons. The predicted molar refractivity (Wildman–Crippen MR) is 108 cm³/mol. The molecule has 0 N–H and O–H groups in total. The third-order valence-corrected chi connectivity index (χ3v) is 6.20. The van der Waals surface area contributed by atoms with E-state index in [9.17, 15) is 9.59 Å². The van der Waals surface area contributed by atoms with Gasteiger partial charge < -0.3 is 4.79 Å². The highest BCUT2D eigenvalue weighted by molar-refractivity contribution is 5.83. The maximum absolute atomic E-state index is 13.0. The van der Waals surface area contributed by atoms with Crippen LogP contribution in [0.25, 0.3) is 0 Å². The number of rotatable bonds is 6. The molecular weight excluding hydrogens is 322 g/mol. The Balaban J connectivity index is 1.95. The molecule has 2 aliphatic rings. The zero-order chi connectivity index (χ0) is 18.8. The number of carbonyl (C=O) groups excluding carboxylic acids is 2. The van der Waals surface area contributed by atoms with Gasteiger partial charge in [-0.25, -0.2) is 0 Å². The van der Waals surface area contributed by atoms with Crippen LogP contribution in [0.15, 0.2) is 23.8 Å². The maximum Gasteiger partial charge on any atom is 0.149 e. The fourth-order valence-corrected chi connectivity index (χ4v) is 4.55. The Morgan fingerprint density at radius 3 is 2.46 bits per heavy atom. The molecule has 3 unspecified atom stereocenters. The van der Waals surface area contributed by atoms with Crippen LogP contribution in [0.1, 0.15) is 78.1 Å². The standard InChI is InChI=1S/C23H37NO2/c1-3-4-10-19(2)22-15-7-8-16-24(22)17-23(26)21-13-6-5-11-20(18-25)12-9-14-21/h3-4,10,18,20-22H,5-9,11-17H2,1-2H3/b4-3-,19-10+. The quantitative estimate of drug-likeness (QED) is 0.488. The van der Waals surface area contributed by atoms with E-state index < -0.39 is 0 Å². The van der Waals surface area contributed by atoms with E-state index in [4.69, 9.17) is 0 Å². The van der Waals surface area contributed by atoms with E-state index >= 15 is 0 Å². The van der Waals surface area contributed by atoms with Gasteiger partial charge in [-0.05, 0) is 58.9 Å². The van der Waals surface area contributed by atoms with Crippen LogP contribution in [0.5, 0.6) is 0 Å². The Hall–Kier alpha value is -1.22. The summed E-state index contributed by atoms with van der Waals surface area (Å²) in [6.45, 7) is 5.89. The average Bonchev–Trinajstić information content (AvgIpc) is 2.78. The Labute approximate surface area is 159 Å². The molecule has 1 saturated carbocycles. The number of allylic oxidation sites excluding steroid dienone is 3. The highest BCUT2D eigenvalue weighted by Gasteiger charge is 2.28. The van der Waals surface area contributed by atoms with Crippen molar-refractivity contribution in [3.05, 3.63) is 23.8 Å². The van der Waals surface area contributed by atoms with E-state index in [0.29, 0.717) is 18.4 Å². The number of hydrogen-bond donors (Lipinski definition) is 0. The van der Waals surface area contributed by atoms with Crippen molar-refractivity contribution in [2.24, 2.45) is 11.8 Å². The van der Waals surface area contributed by atoms with Gasteiger partial charge in [0.2, 0.25) is 0 Å². The van der Waals surface area contributed by atoms with Gasteiger partial charge in [0.15, 0.2) is 0 Å². The highest BCUT2D eigenvalue weighted by Crippen LogP contribution is 2.27. The first-order valence-electron chi connectivity index (χ1n) is 10.7. The molecule has 1 aliphatic carbocycles. The zero-order valence-corrected chi connectivity index (χ0v) is 16.8. The Morgan fingerprint density at radius 2 is 1.69 bits per heavy atom. The van der Waals surface area contributed by atoms with Crippen LogP contribution in [0.3, 0.4) is 0 Å². The maximum atomic E-state index is 13.0. The summed E-state index contributed by atoms with van der Waals surface area (Å²) in [5, 5.41) is 0. The van der Waals surface area contributed by atoms with E-state index in [1.807, 2.05) is 6.92 Å². The minimum absolute atomic E-state index is 0.197. The summed E-state index contributed by atoms with van der Waals surface area (Å²) in [5.74, 6) is 0.845. The third-order valence-electron chi connectivity index (χ3n) is 6.20. The van der Waals surface area contributed by atoms with Crippen LogP contribution in [0.4, 0.5) is 0 Å². The van der Waals surface area contributed by atoms with Gasteiger partial charge in [-0.15, -0.1) is 0 Å². The molecule has 0 aromatic rings. The van der Waals surface area contributed by atoms with Crippen molar-refractivity contribution in [3.63, 3.8) is 0 Å². The van der Waals surface area contributed by atoms with Gasteiger partial charge in [-0.1, -0.05) is 49.5 Å². The minimum atomic E-state index is 0.197. The summed E-state index contributed by atoms with van der Waals surface area (Å²) in [6.07, 6.45) is 18.3. The topological polar surface area (TPSA) is 37.4 Å². The lowest BCUT2D eigenvalue weighted by Crippen LogP contribution is -2.44. The van der Waals surface area contributed by atoms with Crippen molar-refractivity contribution in [2.45, 2.75) is 84.1 Å². The number of piperidine rings is 1. The summed E-state index contributed by atoms with van der Waals surface area (Å²) in [5.41, 5.74) is 1.37. The number of hydrogen-bond acceptors (Lipinski definition) is 3. The molecule has 0 amide bonds. The molecule has 146 valence electrons. The molecule has 3 atom stereocenters. The van der Waals surface area contributed by atoms with Gasteiger partial charge in [0, 0.05) is 17.9 Å². The Morgan fingerprint density at radius 1 is 1.00 bits per heavy atom. The van der Waals surface area contributed by atoms with Crippen LogP contribution in [0, 0.1) is 11.8 Å². The number of ketones is 1. The molecule has 1 heterocycles. The Bertz CT molecular complexity index is 508. The molecule has 0 aromatic carbocycles. The summed E-state index contributed by atoms with van der Waals surface area (Å²) in [7, 11) is 0. The molecule has 2 fully saturated rings. The largest absolute Gasteiger partial charge is 0.303 e. The van der Waals surface area contributed by atoms with Crippen molar-refractivity contribution in [3.8, 4) is 0 Å². The Kier molecular flexibility index (Phi) is 9.31. The van der Waals surface area contributed by atoms with Crippen LogP contribution < -0.4 is 0 Å². The van der Waals surface area contributed by atoms with E-state index in [1.165, 1.54) is 24.8 Å². The van der Waals surface area contributed by atoms with Crippen LogP contribution in [0.2, 0.25) is 0 Å². The number of aldehydes is 1. The lowest BCUT2D eigenvalue weighted by Gasteiger charge is -2.36. The van der Waals surface area contributed by atoms with Gasteiger partial charge in [0.25, 0.3) is 0 Å². The average molecular weight is 360 g/mol. The molecule has 3 heteroatoms. The number of likely N-dealkylation sites (tertiary alicyclic amines) is 1. The second kappa shape index (κ2) is 11.5. The SMILES string of the molecule is C/C=C\C=C(/C)C1CCCCN1CC(=O)C1CCCCC(C=O)CCC1. The highest BCUT2D eigenvalue weighted by atomic mass is 16.1. The lowest BCUT2D eigenvalue weighted by atomic mass is 9.90. The van der Waals surface area contributed by atoms with Gasteiger partial charge >= 0.3 is 0 Å². The van der Waals surface area contributed by atoms with Crippen molar-refractivity contribution in [1.29, 1.82) is 0 Å². The second-order valence-corrected chi connectivity index (χ2v) is 8.19. The molecule has 1 aliphatic heterocycles. The predicted octanol–water partition coefficient (Wildman–Crippen LogP) is 5.11. The van der Waals surface area contributed by atoms with Crippen LogP contribution >= 0.6 is 0 Å². The first-order chi connectivity index (χ1) is 12.7. The fraction of sp³-hybridized carbons (Fsp3) is 0.739. The summed E-state index contributed by atoms with van der Waals surface area (Å²) >= 11 is 0. The number of carbonyl (C=O) groups is 2. The first kappa shape index (κ1) is 21.1. The third kappa shape index (κ3) is 6.50. The zero-order valence-electron chi connectivity index (χ0n) is 16.8. The lowest BCUT2D eigenvalue weighted by molar-refractivity contribution is -0.125. The summed E-state index contributed by atoms with van der Waals surface area (Å²) in [4.78, 5) is 26.6. The second-order valence-electron chi connectivity index (χ2n) is 8.19. The molecular formula is C23H37NO2. The van der Waals surface area contributed by atoms with E-state index in [0.717, 1.165) is 57.8 Å². The van der Waals surface area contributed by atoms with Crippen molar-refractivity contribution in [1.82, 2.24) is 4.90 Å². The molecule has 1 saturated heterocycles. The van der Waals surface area contributed by atoms with Gasteiger partial charge in [0.1, 0.15) is 12.1 Å². The van der Waals surface area contributed by atoms with Crippen molar-refractivity contribution < 1.29 is 9.59 Å². The first-order valence-corrected chi connectivity index (χ1v) is 10.7. The number of Topliss-reactive ketones (excluding diaryl/α,β-unsaturated/α-hetero) is 1. The van der Waals surface area contributed by atoms with E-state index in [-0.39, 0.29) is 11.8 Å². The summed E-state index contributed by atoms with van der Waals surface area (Å²) in [6, 6.07) is 0.416. The van der Waals surface area contributed by atoms with Crippen molar-refractivity contribution >= 4 is 12.1 Å². The molecule has 0 bridgehead atoms. The van der Waals surface area contributed by atoms with Gasteiger partial charge in [-0.3, -0.25) is 9.69 Å². The fourth-order valence-electron chi connectivity index (χ4n) is 4.55. The van der Waals surface area contributed by atoms with E-state index in [2.05, 4.69) is 30.1 Å². The van der Waals surface area contributed by atoms with Crippen molar-refractivity contribution in [2.75, 3.05) is 13.1 Å². The molecule has 0 aromatic heterocycles. The minimum Gasteiger partial charge on any atom is -0.303 e. The molecule has 2 rings (SSSR count). The molecule has 3 nitrogen and oxygen atoms in total. The van der Waals surface area contributed by atoms with E-state index in [1.54, 1.807) is 0 Å². The number of nitrogens with zero attached hydrogens (tertiary/aromatic N) is 1. The van der Waals surface area contributed by atoms with Crippen LogP contribution in [-0.4, -0.2) is 36.1 Å². The molecule has 0 spiro atoms. The normalized spacial score (nSPS) is 29.8.